The second-order valence-corrected chi connectivity index (χ2v) is 4.69. The highest BCUT2D eigenvalue weighted by atomic mass is 19.1. The molecular weight excluding hydrogens is 296 g/mol. The molecule has 2 aromatic carbocycles. The topological polar surface area (TPSA) is 93.6 Å². The molecule has 0 saturated heterocycles. The van der Waals surface area contributed by atoms with Crippen molar-refractivity contribution in [2.75, 3.05) is 0 Å². The lowest BCUT2D eigenvalue weighted by molar-refractivity contribution is 0.404. The predicted molar refractivity (Wildman–Crippen MR) is 74.9 cm³/mol. The lowest BCUT2D eigenvalue weighted by Gasteiger charge is -2.09. The van der Waals surface area contributed by atoms with E-state index in [-0.39, 0.29) is 22.5 Å². The first kappa shape index (κ1) is 13.9. The van der Waals surface area contributed by atoms with Crippen LogP contribution in [0.1, 0.15) is 0 Å². The van der Waals surface area contributed by atoms with Crippen molar-refractivity contribution in [1.82, 2.24) is 4.98 Å². The van der Waals surface area contributed by atoms with Crippen LogP contribution in [0.2, 0.25) is 0 Å². The fraction of sp³-hybridized carbons (Fsp3) is 0. The third-order valence-corrected chi connectivity index (χ3v) is 3.26. The van der Waals surface area contributed by atoms with E-state index in [1.54, 1.807) is 0 Å². The number of hydrogen-bond donors (Lipinski definition) is 4. The number of aromatic amines is 1. The maximum Gasteiger partial charge on any atom is 0.234 e. The molecule has 1 heterocycles. The molecule has 7 heteroatoms. The summed E-state index contributed by atoms with van der Waals surface area (Å²) >= 11 is 0. The molecule has 0 radical (unpaired) electrons. The summed E-state index contributed by atoms with van der Waals surface area (Å²) in [6, 6.07) is 5.04. The number of nitrogens with one attached hydrogen (secondary N) is 1. The summed E-state index contributed by atoms with van der Waals surface area (Å²) in [7, 11) is 0. The molecule has 0 bridgehead atoms. The normalized spacial score (nSPS) is 11.0. The Balaban J connectivity index is 2.38. The van der Waals surface area contributed by atoms with Gasteiger partial charge >= 0.3 is 0 Å². The molecular formula is C15H9F2NO4. The molecule has 22 heavy (non-hydrogen) atoms. The Labute approximate surface area is 121 Å². The molecule has 3 aromatic rings. The van der Waals surface area contributed by atoms with Crippen molar-refractivity contribution in [3.8, 4) is 28.5 Å². The number of phenols is 2. The Morgan fingerprint density at radius 3 is 2.36 bits per heavy atom. The van der Waals surface area contributed by atoms with Crippen molar-refractivity contribution in [3.63, 3.8) is 0 Å². The van der Waals surface area contributed by atoms with E-state index in [1.807, 2.05) is 0 Å². The first-order valence-corrected chi connectivity index (χ1v) is 6.15. The molecule has 4 N–H and O–H groups in total. The number of aromatic hydroxyl groups is 3. The smallest absolute Gasteiger partial charge is 0.234 e. The fourth-order valence-electron chi connectivity index (χ4n) is 2.22. The Bertz CT molecular complexity index is 966. The SMILES string of the molecule is O=c1c(O)c(-c2ccc(O)c(O)c2)[nH]c2cc(F)cc(F)c12. The number of pyridine rings is 1. The number of halogens is 2. The fourth-order valence-corrected chi connectivity index (χ4v) is 2.22. The van der Waals surface area contributed by atoms with Crippen LogP contribution in [0.3, 0.4) is 0 Å². The van der Waals surface area contributed by atoms with Gasteiger partial charge in [-0.25, -0.2) is 8.78 Å². The van der Waals surface area contributed by atoms with Gasteiger partial charge in [-0.3, -0.25) is 4.79 Å². The summed E-state index contributed by atoms with van der Waals surface area (Å²) < 4.78 is 27.0. The minimum Gasteiger partial charge on any atom is -0.504 e. The zero-order chi connectivity index (χ0) is 16.0. The van der Waals surface area contributed by atoms with E-state index in [0.29, 0.717) is 6.07 Å². The largest absolute Gasteiger partial charge is 0.504 e. The van der Waals surface area contributed by atoms with Crippen molar-refractivity contribution in [3.05, 3.63) is 52.2 Å². The first-order chi connectivity index (χ1) is 10.4. The summed E-state index contributed by atoms with van der Waals surface area (Å²) in [4.78, 5) is 14.6. The molecule has 5 nitrogen and oxygen atoms in total. The predicted octanol–water partition coefficient (Wildman–Crippen LogP) is 2.59. The molecule has 0 aliphatic carbocycles. The highest BCUT2D eigenvalue weighted by molar-refractivity contribution is 5.85. The van der Waals surface area contributed by atoms with Crippen LogP contribution in [0.25, 0.3) is 22.2 Å². The molecule has 0 amide bonds. The van der Waals surface area contributed by atoms with E-state index >= 15 is 0 Å². The molecule has 1 aromatic heterocycles. The summed E-state index contributed by atoms with van der Waals surface area (Å²) in [5.74, 6) is -3.60. The van der Waals surface area contributed by atoms with Crippen molar-refractivity contribution in [1.29, 1.82) is 0 Å². The molecule has 0 atom stereocenters. The van der Waals surface area contributed by atoms with Gasteiger partial charge in [0.05, 0.1) is 16.6 Å². The number of aromatic nitrogens is 1. The summed E-state index contributed by atoms with van der Waals surface area (Å²) in [5, 5.41) is 28.2. The van der Waals surface area contributed by atoms with Crippen molar-refractivity contribution < 1.29 is 24.1 Å². The molecule has 0 unspecified atom stereocenters. The van der Waals surface area contributed by atoms with Gasteiger partial charge in [-0.05, 0) is 24.3 Å². The Hall–Kier alpha value is -3.09. The molecule has 0 spiro atoms. The van der Waals surface area contributed by atoms with Crippen LogP contribution in [-0.2, 0) is 0 Å². The van der Waals surface area contributed by atoms with E-state index in [1.165, 1.54) is 6.07 Å². The van der Waals surface area contributed by atoms with Gasteiger partial charge in [-0.1, -0.05) is 0 Å². The van der Waals surface area contributed by atoms with E-state index in [2.05, 4.69) is 4.98 Å². The van der Waals surface area contributed by atoms with Crippen LogP contribution in [0.4, 0.5) is 8.78 Å². The minimum atomic E-state index is -1.09. The first-order valence-electron chi connectivity index (χ1n) is 6.15. The molecule has 0 aliphatic rings. The molecule has 0 fully saturated rings. The minimum absolute atomic E-state index is 0.127. The lowest BCUT2D eigenvalue weighted by atomic mass is 10.1. The zero-order valence-electron chi connectivity index (χ0n) is 10.9. The quantitative estimate of drug-likeness (QED) is 0.520. The number of hydrogen-bond acceptors (Lipinski definition) is 4. The number of rotatable bonds is 1. The van der Waals surface area contributed by atoms with Crippen LogP contribution < -0.4 is 5.43 Å². The van der Waals surface area contributed by atoms with Gasteiger partial charge in [0.2, 0.25) is 5.43 Å². The van der Waals surface area contributed by atoms with Crippen LogP contribution in [0, 0.1) is 11.6 Å². The van der Waals surface area contributed by atoms with E-state index in [9.17, 15) is 28.9 Å². The lowest BCUT2D eigenvalue weighted by Crippen LogP contribution is -2.07. The van der Waals surface area contributed by atoms with Gasteiger partial charge in [-0.2, -0.15) is 0 Å². The van der Waals surface area contributed by atoms with Gasteiger partial charge in [0.25, 0.3) is 0 Å². The van der Waals surface area contributed by atoms with Crippen LogP contribution in [0.5, 0.6) is 17.2 Å². The summed E-state index contributed by atoms with van der Waals surface area (Å²) in [5.41, 5.74) is -1.11. The number of H-pyrrole nitrogens is 1. The highest BCUT2D eigenvalue weighted by Gasteiger charge is 2.17. The number of benzene rings is 2. The molecule has 0 aliphatic heterocycles. The second kappa shape index (κ2) is 4.73. The third kappa shape index (κ3) is 2.03. The number of fused-ring (bicyclic) bond motifs is 1. The van der Waals surface area contributed by atoms with Gasteiger partial charge in [0.15, 0.2) is 17.2 Å². The standard InChI is InChI=1S/C15H9F2NO4/c16-7-4-8(17)12-9(5-7)18-13(15(22)14(12)21)6-1-2-10(19)11(20)3-6/h1-5,19-20,22H,(H,18,21). The summed E-state index contributed by atoms with van der Waals surface area (Å²) in [6.45, 7) is 0. The van der Waals surface area contributed by atoms with Gasteiger partial charge < -0.3 is 20.3 Å². The monoisotopic (exact) mass is 305 g/mol. The van der Waals surface area contributed by atoms with Crippen LogP contribution >= 0.6 is 0 Å². The van der Waals surface area contributed by atoms with Crippen molar-refractivity contribution >= 4 is 10.9 Å². The molecule has 0 saturated carbocycles. The van der Waals surface area contributed by atoms with Crippen molar-refractivity contribution in [2.24, 2.45) is 0 Å². The van der Waals surface area contributed by atoms with Gasteiger partial charge in [0, 0.05) is 11.6 Å². The molecule has 112 valence electrons. The Morgan fingerprint density at radius 2 is 1.68 bits per heavy atom. The summed E-state index contributed by atoms with van der Waals surface area (Å²) in [6.07, 6.45) is 0. The van der Waals surface area contributed by atoms with E-state index in [0.717, 1.165) is 18.2 Å². The van der Waals surface area contributed by atoms with Crippen LogP contribution in [0.15, 0.2) is 35.1 Å². The number of phenolic OH excluding ortho intramolecular Hbond substituents is 2. The maximum atomic E-state index is 13.7. The average Bonchev–Trinajstić information content (AvgIpc) is 2.45. The van der Waals surface area contributed by atoms with E-state index < -0.39 is 33.9 Å². The van der Waals surface area contributed by atoms with Crippen molar-refractivity contribution in [2.45, 2.75) is 0 Å². The van der Waals surface area contributed by atoms with Crippen LogP contribution in [-0.4, -0.2) is 20.3 Å². The average molecular weight is 305 g/mol. The van der Waals surface area contributed by atoms with Gasteiger partial charge in [0.1, 0.15) is 11.6 Å². The second-order valence-electron chi connectivity index (χ2n) is 4.69. The Morgan fingerprint density at radius 1 is 0.955 bits per heavy atom. The van der Waals surface area contributed by atoms with Gasteiger partial charge in [-0.15, -0.1) is 0 Å². The molecule has 3 rings (SSSR count). The zero-order valence-corrected chi connectivity index (χ0v) is 10.9. The Kier molecular flexibility index (Phi) is 2.98. The highest BCUT2D eigenvalue weighted by Crippen LogP contribution is 2.33. The third-order valence-electron chi connectivity index (χ3n) is 3.26. The van der Waals surface area contributed by atoms with E-state index in [4.69, 9.17) is 0 Å². The maximum absolute atomic E-state index is 13.7.